The van der Waals surface area contributed by atoms with Crippen LogP contribution in [0.3, 0.4) is 0 Å². The molecule has 1 saturated heterocycles. The van der Waals surface area contributed by atoms with E-state index in [4.69, 9.17) is 0 Å². The molecule has 0 saturated carbocycles. The first-order chi connectivity index (χ1) is 9.81. The van der Waals surface area contributed by atoms with Crippen LogP contribution in [-0.4, -0.2) is 40.6 Å². The maximum atomic E-state index is 4.07. The van der Waals surface area contributed by atoms with E-state index < -0.39 is 0 Å². The number of aromatic nitrogens is 2. The molecule has 4 heteroatoms. The Hall–Kier alpha value is -1.65. The van der Waals surface area contributed by atoms with Crippen molar-refractivity contribution in [3.05, 3.63) is 48.5 Å². The normalized spacial score (nSPS) is 20.1. The van der Waals surface area contributed by atoms with Crippen LogP contribution in [0.25, 0.3) is 5.69 Å². The first kappa shape index (κ1) is 13.3. The van der Waals surface area contributed by atoms with Crippen molar-refractivity contribution < 1.29 is 0 Å². The summed E-state index contributed by atoms with van der Waals surface area (Å²) in [5, 5.41) is 3.66. The Morgan fingerprint density at radius 1 is 1.30 bits per heavy atom. The largest absolute Gasteiger partial charge is 0.309 e. The van der Waals surface area contributed by atoms with Crippen molar-refractivity contribution in [2.24, 2.45) is 0 Å². The average molecular weight is 270 g/mol. The third-order valence-corrected chi connectivity index (χ3v) is 3.96. The highest BCUT2D eigenvalue weighted by atomic mass is 15.1. The molecule has 2 aromatic rings. The molecule has 20 heavy (non-hydrogen) atoms. The van der Waals surface area contributed by atoms with Gasteiger partial charge in [-0.25, -0.2) is 4.98 Å². The van der Waals surface area contributed by atoms with Crippen LogP contribution in [0.1, 0.15) is 18.4 Å². The predicted octanol–water partition coefficient (Wildman–Crippen LogP) is 2.06. The molecule has 0 radical (unpaired) electrons. The standard InChI is InChI=1S/C16H22N4/c1-19-9-2-3-15(12-19)18-11-14-4-6-16(7-5-14)20-10-8-17-13-20/h4-8,10,13,15,18H,2-3,9,11-12H2,1H3. The number of hydrogen-bond acceptors (Lipinski definition) is 3. The summed E-state index contributed by atoms with van der Waals surface area (Å²) in [5.41, 5.74) is 2.49. The number of imidazole rings is 1. The first-order valence-electron chi connectivity index (χ1n) is 7.30. The molecule has 4 nitrogen and oxygen atoms in total. The van der Waals surface area contributed by atoms with Gasteiger partial charge in [-0.05, 0) is 44.1 Å². The van der Waals surface area contributed by atoms with Crippen LogP contribution >= 0.6 is 0 Å². The molecule has 106 valence electrons. The van der Waals surface area contributed by atoms with Gasteiger partial charge in [0, 0.05) is 37.2 Å². The van der Waals surface area contributed by atoms with Crippen LogP contribution in [-0.2, 0) is 6.54 Å². The van der Waals surface area contributed by atoms with Crippen LogP contribution in [0, 0.1) is 0 Å². The first-order valence-corrected chi connectivity index (χ1v) is 7.30. The molecule has 1 unspecified atom stereocenters. The molecule has 0 aliphatic carbocycles. The van der Waals surface area contributed by atoms with E-state index in [9.17, 15) is 0 Å². The van der Waals surface area contributed by atoms with Gasteiger partial charge in [0.2, 0.25) is 0 Å². The van der Waals surface area contributed by atoms with Crippen LogP contribution in [0.5, 0.6) is 0 Å². The molecule has 1 aliphatic heterocycles. The minimum absolute atomic E-state index is 0.627. The van der Waals surface area contributed by atoms with Crippen LogP contribution < -0.4 is 5.32 Å². The van der Waals surface area contributed by atoms with Crippen molar-refractivity contribution in [1.29, 1.82) is 0 Å². The zero-order valence-electron chi connectivity index (χ0n) is 12.0. The highest BCUT2D eigenvalue weighted by Crippen LogP contribution is 2.11. The van der Waals surface area contributed by atoms with Gasteiger partial charge in [0.05, 0.1) is 6.33 Å². The molecular formula is C16H22N4. The summed E-state index contributed by atoms with van der Waals surface area (Å²) in [4.78, 5) is 6.48. The number of hydrogen-bond donors (Lipinski definition) is 1. The van der Waals surface area contributed by atoms with Gasteiger partial charge in [-0.2, -0.15) is 0 Å². The summed E-state index contributed by atoms with van der Waals surface area (Å²) in [6.45, 7) is 3.34. The molecule has 3 rings (SSSR count). The second kappa shape index (κ2) is 6.20. The third-order valence-electron chi connectivity index (χ3n) is 3.96. The van der Waals surface area contributed by atoms with E-state index in [0.29, 0.717) is 6.04 Å². The van der Waals surface area contributed by atoms with Crippen molar-refractivity contribution in [3.8, 4) is 5.69 Å². The number of nitrogens with one attached hydrogen (secondary N) is 1. The highest BCUT2D eigenvalue weighted by Gasteiger charge is 2.15. The van der Waals surface area contributed by atoms with Gasteiger partial charge in [-0.3, -0.25) is 0 Å². The summed E-state index contributed by atoms with van der Waals surface area (Å²) < 4.78 is 2.02. The zero-order chi connectivity index (χ0) is 13.8. The van der Waals surface area contributed by atoms with Crippen LogP contribution in [0.4, 0.5) is 0 Å². The molecule has 0 amide bonds. The molecular weight excluding hydrogens is 248 g/mol. The molecule has 1 aromatic carbocycles. The predicted molar refractivity (Wildman–Crippen MR) is 80.9 cm³/mol. The van der Waals surface area contributed by atoms with Crippen LogP contribution in [0.15, 0.2) is 43.0 Å². The molecule has 1 aromatic heterocycles. The number of benzene rings is 1. The van der Waals surface area contributed by atoms with E-state index in [-0.39, 0.29) is 0 Å². The molecule has 2 heterocycles. The van der Waals surface area contributed by atoms with E-state index >= 15 is 0 Å². The van der Waals surface area contributed by atoms with Gasteiger partial charge in [0.1, 0.15) is 0 Å². The fraction of sp³-hybridized carbons (Fsp3) is 0.438. The van der Waals surface area contributed by atoms with Gasteiger partial charge < -0.3 is 14.8 Å². The quantitative estimate of drug-likeness (QED) is 0.923. The molecule has 1 N–H and O–H groups in total. The monoisotopic (exact) mass is 270 g/mol. The van der Waals surface area contributed by atoms with E-state index in [0.717, 1.165) is 18.8 Å². The minimum atomic E-state index is 0.627. The lowest BCUT2D eigenvalue weighted by atomic mass is 10.1. The Kier molecular flexibility index (Phi) is 4.14. The molecule has 1 atom stereocenters. The van der Waals surface area contributed by atoms with Crippen molar-refractivity contribution in [3.63, 3.8) is 0 Å². The van der Waals surface area contributed by atoms with Gasteiger partial charge in [-0.1, -0.05) is 12.1 Å². The summed E-state index contributed by atoms with van der Waals surface area (Å²) in [5.74, 6) is 0. The number of likely N-dealkylation sites (tertiary alicyclic amines) is 1. The second-order valence-electron chi connectivity index (χ2n) is 5.62. The van der Waals surface area contributed by atoms with Crippen molar-refractivity contribution in [2.45, 2.75) is 25.4 Å². The Labute approximate surface area is 120 Å². The third kappa shape index (κ3) is 3.26. The van der Waals surface area contributed by atoms with E-state index in [1.54, 1.807) is 6.20 Å². The van der Waals surface area contributed by atoms with E-state index in [2.05, 4.69) is 46.5 Å². The Bertz CT molecular complexity index is 518. The van der Waals surface area contributed by atoms with Gasteiger partial charge in [0.25, 0.3) is 0 Å². The second-order valence-corrected chi connectivity index (χ2v) is 5.62. The topological polar surface area (TPSA) is 33.1 Å². The van der Waals surface area contributed by atoms with Crippen molar-refractivity contribution in [1.82, 2.24) is 19.8 Å². The smallest absolute Gasteiger partial charge is 0.0991 e. The van der Waals surface area contributed by atoms with E-state index in [1.165, 1.54) is 24.9 Å². The summed E-state index contributed by atoms with van der Waals surface area (Å²) >= 11 is 0. The maximum Gasteiger partial charge on any atom is 0.0991 e. The lowest BCUT2D eigenvalue weighted by Gasteiger charge is -2.30. The van der Waals surface area contributed by atoms with Gasteiger partial charge in [-0.15, -0.1) is 0 Å². The molecule has 1 aliphatic rings. The number of rotatable bonds is 4. The summed E-state index contributed by atoms with van der Waals surface area (Å²) in [6.07, 6.45) is 8.18. The Morgan fingerprint density at radius 3 is 2.85 bits per heavy atom. The Balaban J connectivity index is 1.56. The number of likely N-dealkylation sites (N-methyl/N-ethyl adjacent to an activating group) is 1. The van der Waals surface area contributed by atoms with Crippen molar-refractivity contribution >= 4 is 0 Å². The molecule has 0 spiro atoms. The number of nitrogens with zero attached hydrogens (tertiary/aromatic N) is 3. The van der Waals surface area contributed by atoms with E-state index in [1.807, 2.05) is 17.1 Å². The van der Waals surface area contributed by atoms with Crippen molar-refractivity contribution in [2.75, 3.05) is 20.1 Å². The van der Waals surface area contributed by atoms with Gasteiger partial charge in [0.15, 0.2) is 0 Å². The van der Waals surface area contributed by atoms with Crippen LogP contribution in [0.2, 0.25) is 0 Å². The summed E-state index contributed by atoms with van der Waals surface area (Å²) in [6, 6.07) is 9.29. The Morgan fingerprint density at radius 2 is 2.15 bits per heavy atom. The van der Waals surface area contributed by atoms with Gasteiger partial charge >= 0.3 is 0 Å². The maximum absolute atomic E-state index is 4.07. The lowest BCUT2D eigenvalue weighted by molar-refractivity contribution is 0.226. The fourth-order valence-corrected chi connectivity index (χ4v) is 2.79. The number of piperidine rings is 1. The average Bonchev–Trinajstić information content (AvgIpc) is 3.00. The molecule has 0 bridgehead atoms. The fourth-order valence-electron chi connectivity index (χ4n) is 2.79. The zero-order valence-corrected chi connectivity index (χ0v) is 12.0. The SMILES string of the molecule is CN1CCCC(NCc2ccc(-n3ccnc3)cc2)C1. The minimum Gasteiger partial charge on any atom is -0.309 e. The lowest BCUT2D eigenvalue weighted by Crippen LogP contribution is -2.43. The summed E-state index contributed by atoms with van der Waals surface area (Å²) in [7, 11) is 2.20. The molecule has 1 fully saturated rings. The highest BCUT2D eigenvalue weighted by molar-refractivity contribution is 5.34.